The van der Waals surface area contributed by atoms with Gasteiger partial charge in [-0.1, -0.05) is 35.9 Å². The fraction of sp³-hybridized carbons (Fsp3) is 0.263. The van der Waals surface area contributed by atoms with E-state index in [1.165, 1.54) is 10.9 Å². The lowest BCUT2D eigenvalue weighted by molar-refractivity contribution is 0.322. The van der Waals surface area contributed by atoms with Gasteiger partial charge in [0.05, 0.1) is 10.9 Å². The van der Waals surface area contributed by atoms with Crippen molar-refractivity contribution < 1.29 is 8.42 Å². The maximum atomic E-state index is 13.0. The van der Waals surface area contributed by atoms with E-state index in [0.29, 0.717) is 11.4 Å². The van der Waals surface area contributed by atoms with Gasteiger partial charge in [-0.2, -0.15) is 4.31 Å². The normalized spacial score (nSPS) is 18.7. The summed E-state index contributed by atoms with van der Waals surface area (Å²) in [7, 11) is -3.49. The molecular weight excluding hydrogens is 320 g/mol. The molecule has 1 aliphatic rings. The third kappa shape index (κ3) is 2.27. The van der Waals surface area contributed by atoms with Crippen LogP contribution in [0.4, 0.5) is 0 Å². The second-order valence-corrected chi connectivity index (χ2v) is 8.31. The molecule has 0 amide bonds. The predicted octanol–water partition coefficient (Wildman–Crippen LogP) is 3.78. The number of H-pyrrole nitrogens is 1. The number of fused-ring (bicyclic) bond motifs is 3. The molecule has 0 saturated carbocycles. The van der Waals surface area contributed by atoms with E-state index < -0.39 is 10.0 Å². The van der Waals surface area contributed by atoms with Crippen molar-refractivity contribution in [2.75, 3.05) is 6.54 Å². The summed E-state index contributed by atoms with van der Waals surface area (Å²) in [4.78, 5) is 3.78. The largest absolute Gasteiger partial charge is 0.357 e. The Kier molecular flexibility index (Phi) is 3.51. The number of aromatic nitrogens is 1. The molecule has 1 aliphatic heterocycles. The van der Waals surface area contributed by atoms with Gasteiger partial charge >= 0.3 is 0 Å². The molecule has 2 aromatic carbocycles. The minimum Gasteiger partial charge on any atom is -0.357 e. The Morgan fingerprint density at radius 3 is 2.54 bits per heavy atom. The highest BCUT2D eigenvalue weighted by molar-refractivity contribution is 7.89. The molecule has 0 radical (unpaired) electrons. The highest BCUT2D eigenvalue weighted by atomic mass is 32.2. The zero-order chi connectivity index (χ0) is 16.9. The Morgan fingerprint density at radius 2 is 1.79 bits per heavy atom. The summed E-state index contributed by atoms with van der Waals surface area (Å²) in [6.45, 7) is 4.42. The Bertz CT molecular complexity index is 1000. The van der Waals surface area contributed by atoms with Gasteiger partial charge in [-0.25, -0.2) is 8.42 Å². The van der Waals surface area contributed by atoms with Gasteiger partial charge in [-0.05, 0) is 44.0 Å². The number of para-hydroxylation sites is 1. The predicted molar refractivity (Wildman–Crippen MR) is 95.5 cm³/mol. The summed E-state index contributed by atoms with van der Waals surface area (Å²) in [6.07, 6.45) is 0.731. The number of benzene rings is 2. The Balaban J connectivity index is 1.77. The number of hydrogen-bond acceptors (Lipinski definition) is 2. The summed E-state index contributed by atoms with van der Waals surface area (Å²) >= 11 is 0. The van der Waals surface area contributed by atoms with Crippen LogP contribution in [0.3, 0.4) is 0 Å². The van der Waals surface area contributed by atoms with Crippen molar-refractivity contribution in [3.8, 4) is 0 Å². The number of aromatic amines is 1. The molecule has 0 fully saturated rings. The van der Waals surface area contributed by atoms with Crippen molar-refractivity contribution in [2.45, 2.75) is 31.2 Å². The van der Waals surface area contributed by atoms with Crippen molar-refractivity contribution in [1.82, 2.24) is 9.29 Å². The quantitative estimate of drug-likeness (QED) is 0.772. The number of rotatable bonds is 2. The minimum absolute atomic E-state index is 0.201. The standard InChI is InChI=1S/C19H20N2O2S/c1-13-7-9-15(10-8-13)24(22,23)21-12-11-17-16-5-3-4-6-18(16)20-19(17)14(21)2/h3-10,14,20H,11-12H2,1-2H3/t14-/m1/s1. The van der Waals surface area contributed by atoms with E-state index in [0.717, 1.165) is 23.2 Å². The third-order valence-electron chi connectivity index (χ3n) is 4.91. The maximum Gasteiger partial charge on any atom is 0.243 e. The molecule has 4 nitrogen and oxygen atoms in total. The molecule has 5 heteroatoms. The van der Waals surface area contributed by atoms with Crippen LogP contribution in [0.2, 0.25) is 0 Å². The first kappa shape index (κ1) is 15.4. The summed E-state index contributed by atoms with van der Waals surface area (Å²) in [5, 5.41) is 1.20. The molecule has 1 aromatic heterocycles. The second kappa shape index (κ2) is 5.46. The minimum atomic E-state index is -3.49. The molecule has 1 atom stereocenters. The van der Waals surface area contributed by atoms with E-state index in [2.05, 4.69) is 11.1 Å². The third-order valence-corrected chi connectivity index (χ3v) is 6.89. The van der Waals surface area contributed by atoms with Gasteiger partial charge in [0.15, 0.2) is 0 Å². The van der Waals surface area contributed by atoms with Gasteiger partial charge in [-0.15, -0.1) is 0 Å². The topological polar surface area (TPSA) is 53.2 Å². The highest BCUT2D eigenvalue weighted by Crippen LogP contribution is 2.37. The second-order valence-electron chi connectivity index (χ2n) is 6.42. The number of nitrogens with one attached hydrogen (secondary N) is 1. The van der Waals surface area contributed by atoms with Crippen LogP contribution >= 0.6 is 0 Å². The van der Waals surface area contributed by atoms with Gasteiger partial charge in [0.25, 0.3) is 0 Å². The van der Waals surface area contributed by atoms with Crippen molar-refractivity contribution in [2.24, 2.45) is 0 Å². The molecule has 0 saturated heterocycles. The Hall–Kier alpha value is -2.11. The SMILES string of the molecule is Cc1ccc(S(=O)(=O)N2CCc3c([nH]c4ccccc34)[C@H]2C)cc1. The summed E-state index contributed by atoms with van der Waals surface area (Å²) in [5.74, 6) is 0. The lowest BCUT2D eigenvalue weighted by Gasteiger charge is -2.32. The number of sulfonamides is 1. The van der Waals surface area contributed by atoms with Gasteiger partial charge in [-0.3, -0.25) is 0 Å². The summed E-state index contributed by atoms with van der Waals surface area (Å²) < 4.78 is 27.7. The van der Waals surface area contributed by atoms with E-state index in [-0.39, 0.29) is 6.04 Å². The number of aryl methyl sites for hydroxylation is 1. The summed E-state index contributed by atoms with van der Waals surface area (Å²) in [5.41, 5.74) is 4.38. The number of hydrogen-bond donors (Lipinski definition) is 1. The van der Waals surface area contributed by atoms with Crippen LogP contribution in [-0.4, -0.2) is 24.3 Å². The molecule has 0 bridgehead atoms. The van der Waals surface area contributed by atoms with Gasteiger partial charge in [0.1, 0.15) is 0 Å². The fourth-order valence-electron chi connectivity index (χ4n) is 3.58. The first-order chi connectivity index (χ1) is 11.5. The smallest absolute Gasteiger partial charge is 0.243 e. The molecule has 24 heavy (non-hydrogen) atoms. The number of nitrogens with zero attached hydrogens (tertiary/aromatic N) is 1. The zero-order valence-electron chi connectivity index (χ0n) is 13.8. The monoisotopic (exact) mass is 340 g/mol. The van der Waals surface area contributed by atoms with Crippen LogP contribution in [0.5, 0.6) is 0 Å². The van der Waals surface area contributed by atoms with E-state index in [4.69, 9.17) is 0 Å². The van der Waals surface area contributed by atoms with Gasteiger partial charge in [0.2, 0.25) is 10.0 Å². The molecule has 124 valence electrons. The molecule has 1 N–H and O–H groups in total. The molecule has 2 heterocycles. The van der Waals surface area contributed by atoms with Crippen LogP contribution in [-0.2, 0) is 16.4 Å². The lowest BCUT2D eigenvalue weighted by Crippen LogP contribution is -2.38. The summed E-state index contributed by atoms with van der Waals surface area (Å²) in [6, 6.07) is 15.0. The maximum absolute atomic E-state index is 13.0. The first-order valence-corrected chi connectivity index (χ1v) is 9.60. The van der Waals surface area contributed by atoms with E-state index in [1.807, 2.05) is 44.2 Å². The van der Waals surface area contributed by atoms with Crippen LogP contribution in [0.15, 0.2) is 53.4 Å². The molecule has 0 spiro atoms. The first-order valence-electron chi connectivity index (χ1n) is 8.16. The molecule has 3 aromatic rings. The van der Waals surface area contributed by atoms with Gasteiger partial charge in [0, 0.05) is 23.1 Å². The molecule has 4 rings (SSSR count). The van der Waals surface area contributed by atoms with Crippen LogP contribution < -0.4 is 0 Å². The van der Waals surface area contributed by atoms with Gasteiger partial charge < -0.3 is 4.98 Å². The van der Waals surface area contributed by atoms with Crippen LogP contribution in [0, 0.1) is 6.92 Å². The van der Waals surface area contributed by atoms with Crippen molar-refractivity contribution in [3.05, 3.63) is 65.4 Å². The lowest BCUT2D eigenvalue weighted by atomic mass is 10.0. The van der Waals surface area contributed by atoms with Crippen molar-refractivity contribution in [3.63, 3.8) is 0 Å². The molecule has 0 aliphatic carbocycles. The average Bonchev–Trinajstić information content (AvgIpc) is 2.95. The Labute approximate surface area is 142 Å². The van der Waals surface area contributed by atoms with E-state index in [9.17, 15) is 8.42 Å². The fourth-order valence-corrected chi connectivity index (χ4v) is 5.18. The van der Waals surface area contributed by atoms with Crippen LogP contribution in [0.1, 0.15) is 29.8 Å². The highest BCUT2D eigenvalue weighted by Gasteiger charge is 2.35. The van der Waals surface area contributed by atoms with Crippen molar-refractivity contribution >= 4 is 20.9 Å². The molecular formula is C19H20N2O2S. The van der Waals surface area contributed by atoms with E-state index in [1.54, 1.807) is 16.4 Å². The molecule has 0 unspecified atom stereocenters. The van der Waals surface area contributed by atoms with E-state index >= 15 is 0 Å². The van der Waals surface area contributed by atoms with Crippen LogP contribution in [0.25, 0.3) is 10.9 Å². The van der Waals surface area contributed by atoms with Crippen molar-refractivity contribution in [1.29, 1.82) is 0 Å². The Morgan fingerprint density at radius 1 is 1.08 bits per heavy atom. The zero-order valence-corrected chi connectivity index (χ0v) is 14.6. The average molecular weight is 340 g/mol.